The maximum atomic E-state index is 10.7. The molecule has 0 aliphatic carbocycles. The van der Waals surface area contributed by atoms with E-state index in [0.29, 0.717) is 5.69 Å². The van der Waals surface area contributed by atoms with Gasteiger partial charge in [-0.1, -0.05) is 28.1 Å². The van der Waals surface area contributed by atoms with Gasteiger partial charge >= 0.3 is 0 Å². The first kappa shape index (κ1) is 11.1. The highest BCUT2D eigenvalue weighted by atomic mass is 79.9. The Hall–Kier alpha value is -1.42. The Kier molecular flexibility index (Phi) is 3.19. The van der Waals surface area contributed by atoms with Crippen molar-refractivity contribution in [3.63, 3.8) is 0 Å². The van der Waals surface area contributed by atoms with Gasteiger partial charge < -0.3 is 0 Å². The van der Waals surface area contributed by atoms with Crippen LogP contribution in [0.3, 0.4) is 0 Å². The predicted octanol–water partition coefficient (Wildman–Crippen LogP) is 3.15. The lowest BCUT2D eigenvalue weighted by Crippen LogP contribution is -1.99. The van der Waals surface area contributed by atoms with Crippen LogP contribution in [-0.2, 0) is 6.54 Å². The average Bonchev–Trinajstić information content (AvgIpc) is 2.73. The second-order valence-electron chi connectivity index (χ2n) is 3.39. The summed E-state index contributed by atoms with van der Waals surface area (Å²) in [4.78, 5) is 10.7. The molecule has 0 saturated carbocycles. The van der Waals surface area contributed by atoms with Gasteiger partial charge in [0.25, 0.3) is 0 Å². The lowest BCUT2D eigenvalue weighted by molar-refractivity contribution is 0.111. The van der Waals surface area contributed by atoms with Crippen molar-refractivity contribution in [2.75, 3.05) is 0 Å². The van der Waals surface area contributed by atoms with Crippen LogP contribution in [0.5, 0.6) is 0 Å². The summed E-state index contributed by atoms with van der Waals surface area (Å²) in [5.74, 6) is 0. The zero-order valence-corrected chi connectivity index (χ0v) is 10.4. The molecule has 0 radical (unpaired) electrons. The van der Waals surface area contributed by atoms with E-state index in [1.807, 2.05) is 35.9 Å². The second kappa shape index (κ2) is 4.61. The van der Waals surface area contributed by atoms with Gasteiger partial charge in [-0.25, -0.2) is 0 Å². The normalized spacial score (nSPS) is 10.4. The zero-order chi connectivity index (χ0) is 11.5. The summed E-state index contributed by atoms with van der Waals surface area (Å²) in [5.41, 5.74) is 2.50. The third kappa shape index (κ3) is 2.07. The van der Waals surface area contributed by atoms with Crippen LogP contribution in [-0.4, -0.2) is 16.1 Å². The summed E-state index contributed by atoms with van der Waals surface area (Å²) in [7, 11) is 0. The summed E-state index contributed by atoms with van der Waals surface area (Å²) >= 11 is 3.39. The average molecular weight is 279 g/mol. The predicted molar refractivity (Wildman–Crippen MR) is 66.4 cm³/mol. The largest absolute Gasteiger partial charge is 0.296 e. The van der Waals surface area contributed by atoms with Crippen molar-refractivity contribution in [2.45, 2.75) is 13.5 Å². The number of hydrogen-bond acceptors (Lipinski definition) is 2. The number of aldehydes is 1. The molecular weight excluding hydrogens is 268 g/mol. The van der Waals surface area contributed by atoms with E-state index in [2.05, 4.69) is 21.0 Å². The van der Waals surface area contributed by atoms with Crippen molar-refractivity contribution in [1.82, 2.24) is 9.78 Å². The lowest BCUT2D eigenvalue weighted by Gasteiger charge is -2.04. The first-order valence-corrected chi connectivity index (χ1v) is 5.83. The number of carbonyl (C=O) groups is 1. The number of hydrogen-bond donors (Lipinski definition) is 0. The van der Waals surface area contributed by atoms with Crippen molar-refractivity contribution in [3.05, 3.63) is 40.5 Å². The van der Waals surface area contributed by atoms with Gasteiger partial charge in [0.2, 0.25) is 0 Å². The van der Waals surface area contributed by atoms with Crippen molar-refractivity contribution in [3.8, 4) is 11.3 Å². The number of benzene rings is 1. The number of halogens is 1. The number of aryl methyl sites for hydroxylation is 1. The highest BCUT2D eigenvalue weighted by Crippen LogP contribution is 2.22. The van der Waals surface area contributed by atoms with Crippen LogP contribution in [0.25, 0.3) is 11.3 Å². The fourth-order valence-corrected chi connectivity index (χ4v) is 1.85. The molecule has 0 spiro atoms. The standard InChI is InChI=1S/C12H11BrN2O/c1-2-15-12(7-11(8-16)14-15)9-3-5-10(13)6-4-9/h3-8H,2H2,1H3. The molecule has 1 aromatic carbocycles. The molecule has 0 saturated heterocycles. The summed E-state index contributed by atoms with van der Waals surface area (Å²) < 4.78 is 2.86. The number of nitrogens with zero attached hydrogens (tertiary/aromatic N) is 2. The summed E-state index contributed by atoms with van der Waals surface area (Å²) in [6, 6.07) is 9.76. The minimum absolute atomic E-state index is 0.472. The smallest absolute Gasteiger partial charge is 0.170 e. The Morgan fingerprint density at radius 1 is 1.38 bits per heavy atom. The molecule has 0 N–H and O–H groups in total. The summed E-state index contributed by atoms with van der Waals surface area (Å²) in [6.45, 7) is 2.75. The minimum atomic E-state index is 0.472. The van der Waals surface area contributed by atoms with Crippen LogP contribution in [0.2, 0.25) is 0 Å². The minimum Gasteiger partial charge on any atom is -0.296 e. The Bertz CT molecular complexity index is 502. The first-order chi connectivity index (χ1) is 7.74. The van der Waals surface area contributed by atoms with Crippen molar-refractivity contribution in [2.24, 2.45) is 0 Å². The fraction of sp³-hybridized carbons (Fsp3) is 0.167. The Labute approximate surface area is 102 Å². The molecule has 0 fully saturated rings. The van der Waals surface area contributed by atoms with Crippen LogP contribution in [0.4, 0.5) is 0 Å². The molecule has 82 valence electrons. The highest BCUT2D eigenvalue weighted by molar-refractivity contribution is 9.10. The van der Waals surface area contributed by atoms with Gasteiger partial charge in [-0.15, -0.1) is 0 Å². The van der Waals surface area contributed by atoms with E-state index >= 15 is 0 Å². The molecule has 0 amide bonds. The van der Waals surface area contributed by atoms with E-state index in [0.717, 1.165) is 28.6 Å². The van der Waals surface area contributed by atoms with Crippen molar-refractivity contribution < 1.29 is 4.79 Å². The van der Waals surface area contributed by atoms with Crippen LogP contribution in [0.15, 0.2) is 34.8 Å². The van der Waals surface area contributed by atoms with Crippen molar-refractivity contribution in [1.29, 1.82) is 0 Å². The molecule has 1 heterocycles. The third-order valence-electron chi connectivity index (χ3n) is 2.36. The van der Waals surface area contributed by atoms with Crippen LogP contribution in [0, 0.1) is 0 Å². The monoisotopic (exact) mass is 278 g/mol. The van der Waals surface area contributed by atoms with Gasteiger partial charge in [0.1, 0.15) is 5.69 Å². The van der Waals surface area contributed by atoms with E-state index in [4.69, 9.17) is 0 Å². The van der Waals surface area contributed by atoms with E-state index in [1.54, 1.807) is 6.07 Å². The Morgan fingerprint density at radius 2 is 2.06 bits per heavy atom. The Morgan fingerprint density at radius 3 is 2.62 bits per heavy atom. The molecule has 4 heteroatoms. The van der Waals surface area contributed by atoms with E-state index in [9.17, 15) is 4.79 Å². The zero-order valence-electron chi connectivity index (χ0n) is 8.85. The van der Waals surface area contributed by atoms with Gasteiger partial charge in [0, 0.05) is 11.0 Å². The highest BCUT2D eigenvalue weighted by Gasteiger charge is 2.07. The number of aromatic nitrogens is 2. The summed E-state index contributed by atoms with van der Waals surface area (Å²) in [5, 5.41) is 4.18. The van der Waals surface area contributed by atoms with E-state index in [-0.39, 0.29) is 0 Å². The third-order valence-corrected chi connectivity index (χ3v) is 2.89. The Balaban J connectivity index is 2.49. The van der Waals surface area contributed by atoms with Gasteiger partial charge in [-0.2, -0.15) is 5.10 Å². The van der Waals surface area contributed by atoms with Gasteiger partial charge in [0.05, 0.1) is 5.69 Å². The molecule has 2 rings (SSSR count). The molecule has 16 heavy (non-hydrogen) atoms. The molecule has 1 aromatic heterocycles. The van der Waals surface area contributed by atoms with Crippen LogP contribution < -0.4 is 0 Å². The van der Waals surface area contributed by atoms with Crippen molar-refractivity contribution >= 4 is 22.2 Å². The van der Waals surface area contributed by atoms with Crippen LogP contribution in [0.1, 0.15) is 17.4 Å². The van der Waals surface area contributed by atoms with Gasteiger partial charge in [-0.3, -0.25) is 9.48 Å². The molecule has 0 bridgehead atoms. The molecular formula is C12H11BrN2O. The number of rotatable bonds is 3. The summed E-state index contributed by atoms with van der Waals surface area (Å²) in [6.07, 6.45) is 0.772. The molecule has 0 unspecified atom stereocenters. The second-order valence-corrected chi connectivity index (χ2v) is 4.31. The molecule has 0 aliphatic heterocycles. The van der Waals surface area contributed by atoms with E-state index in [1.165, 1.54) is 0 Å². The maximum Gasteiger partial charge on any atom is 0.170 e. The van der Waals surface area contributed by atoms with Gasteiger partial charge in [-0.05, 0) is 30.7 Å². The van der Waals surface area contributed by atoms with Gasteiger partial charge in [0.15, 0.2) is 6.29 Å². The molecule has 0 aliphatic rings. The first-order valence-electron chi connectivity index (χ1n) is 5.03. The quantitative estimate of drug-likeness (QED) is 0.809. The maximum absolute atomic E-state index is 10.7. The molecule has 3 nitrogen and oxygen atoms in total. The number of carbonyl (C=O) groups excluding carboxylic acids is 1. The topological polar surface area (TPSA) is 34.9 Å². The fourth-order valence-electron chi connectivity index (χ4n) is 1.59. The van der Waals surface area contributed by atoms with E-state index < -0.39 is 0 Å². The molecule has 2 aromatic rings. The SMILES string of the molecule is CCn1nc(C=O)cc1-c1ccc(Br)cc1. The lowest BCUT2D eigenvalue weighted by atomic mass is 10.1. The molecule has 0 atom stereocenters. The van der Waals surface area contributed by atoms with Crippen LogP contribution >= 0.6 is 15.9 Å².